The highest BCUT2D eigenvalue weighted by atomic mass is 19.4. The van der Waals surface area contributed by atoms with Crippen LogP contribution < -0.4 is 4.74 Å². The number of alkyl halides is 6. The van der Waals surface area contributed by atoms with E-state index in [4.69, 9.17) is 9.47 Å². The van der Waals surface area contributed by atoms with Gasteiger partial charge in [0.05, 0.1) is 13.2 Å². The van der Waals surface area contributed by atoms with Crippen molar-refractivity contribution < 1.29 is 35.8 Å². The zero-order chi connectivity index (χ0) is 27.8. The van der Waals surface area contributed by atoms with Gasteiger partial charge in [0.2, 0.25) is 0 Å². The SMILES string of the molecule is CC1(OC(F)F)Cc2c([nH]c3cccc(-c4ncccc4O[C@H]4CCN(CCCF)C4)c23)CN1CC(F)(F)F. The summed E-state index contributed by atoms with van der Waals surface area (Å²) >= 11 is 0. The number of rotatable bonds is 9. The van der Waals surface area contributed by atoms with Gasteiger partial charge in [0.1, 0.15) is 23.3 Å². The molecule has 1 unspecified atom stereocenters. The summed E-state index contributed by atoms with van der Waals surface area (Å²) in [4.78, 5) is 10.8. The van der Waals surface area contributed by atoms with Crippen molar-refractivity contribution in [1.29, 1.82) is 0 Å². The number of fused-ring (bicyclic) bond motifs is 3. The molecule has 0 spiro atoms. The minimum atomic E-state index is -4.59. The Bertz CT molecular complexity index is 1300. The third-order valence-electron chi connectivity index (χ3n) is 7.41. The van der Waals surface area contributed by atoms with E-state index in [1.165, 1.54) is 6.92 Å². The maximum Gasteiger partial charge on any atom is 0.401 e. The van der Waals surface area contributed by atoms with Gasteiger partial charge in [0.25, 0.3) is 0 Å². The van der Waals surface area contributed by atoms with Gasteiger partial charge in [-0.2, -0.15) is 22.0 Å². The molecule has 0 amide bonds. The molecule has 2 aliphatic heterocycles. The van der Waals surface area contributed by atoms with Crippen LogP contribution in [-0.2, 0) is 17.7 Å². The lowest BCUT2D eigenvalue weighted by molar-refractivity contribution is -0.278. The minimum Gasteiger partial charge on any atom is -0.487 e. The number of aromatic amines is 1. The highest BCUT2D eigenvalue weighted by Gasteiger charge is 2.46. The standard InChI is InChI=1S/C27H30F6N4O2/c1-26(39-25(29)30)13-19-21(15-37(26)16-27(31,32)33)35-20-6-2-5-18(23(19)20)24-22(7-3-10-34-24)38-17-8-12-36(14-17)11-4-9-28/h2-3,5-7,10,17,25,35H,4,8-9,11-16H2,1H3/t17-,26?/m0/s1. The first-order valence-electron chi connectivity index (χ1n) is 12.9. The van der Waals surface area contributed by atoms with E-state index in [-0.39, 0.29) is 25.7 Å². The molecule has 0 saturated carbocycles. The summed E-state index contributed by atoms with van der Waals surface area (Å²) in [5.41, 5.74) is 1.11. The van der Waals surface area contributed by atoms with E-state index in [9.17, 15) is 26.3 Å². The third kappa shape index (κ3) is 6.02. The van der Waals surface area contributed by atoms with Crippen molar-refractivity contribution in [3.63, 3.8) is 0 Å². The largest absolute Gasteiger partial charge is 0.487 e. The molecule has 1 N–H and O–H groups in total. The van der Waals surface area contributed by atoms with Crippen LogP contribution in [0, 0.1) is 0 Å². The molecule has 3 aromatic rings. The van der Waals surface area contributed by atoms with Gasteiger partial charge in [-0.05, 0) is 43.5 Å². The molecule has 2 atom stereocenters. The van der Waals surface area contributed by atoms with Crippen molar-refractivity contribution in [2.45, 2.75) is 57.3 Å². The number of hydrogen-bond donors (Lipinski definition) is 1. The Hall–Kier alpha value is -2.83. The third-order valence-corrected chi connectivity index (χ3v) is 7.41. The van der Waals surface area contributed by atoms with Crippen molar-refractivity contribution >= 4 is 10.9 Å². The number of benzene rings is 1. The van der Waals surface area contributed by atoms with Crippen molar-refractivity contribution in [2.75, 3.05) is 32.9 Å². The van der Waals surface area contributed by atoms with E-state index >= 15 is 0 Å². The van der Waals surface area contributed by atoms with Gasteiger partial charge in [0, 0.05) is 61.0 Å². The zero-order valence-electron chi connectivity index (χ0n) is 21.4. The van der Waals surface area contributed by atoms with Gasteiger partial charge in [-0.1, -0.05) is 12.1 Å². The van der Waals surface area contributed by atoms with Crippen LogP contribution in [0.3, 0.4) is 0 Å². The number of aromatic nitrogens is 2. The second-order valence-electron chi connectivity index (χ2n) is 10.2. The van der Waals surface area contributed by atoms with Crippen LogP contribution in [0.1, 0.15) is 31.0 Å². The summed E-state index contributed by atoms with van der Waals surface area (Å²) in [5, 5.41) is 0.683. The molecule has 12 heteroatoms. The fourth-order valence-electron chi connectivity index (χ4n) is 5.69. The molecule has 212 valence electrons. The van der Waals surface area contributed by atoms with Crippen LogP contribution in [-0.4, -0.2) is 77.2 Å². The van der Waals surface area contributed by atoms with Crippen LogP contribution in [0.4, 0.5) is 26.3 Å². The molecular formula is C27H30F6N4O2. The smallest absolute Gasteiger partial charge is 0.401 e. The Morgan fingerprint density at radius 3 is 2.77 bits per heavy atom. The quantitative estimate of drug-likeness (QED) is 0.332. The first kappa shape index (κ1) is 27.7. The highest BCUT2D eigenvalue weighted by Crippen LogP contribution is 2.43. The van der Waals surface area contributed by atoms with Crippen LogP contribution in [0.2, 0.25) is 0 Å². The van der Waals surface area contributed by atoms with Gasteiger partial charge in [-0.15, -0.1) is 0 Å². The number of likely N-dealkylation sites (tertiary alicyclic amines) is 1. The van der Waals surface area contributed by atoms with Crippen molar-refractivity contribution in [2.24, 2.45) is 0 Å². The maximum absolute atomic E-state index is 13.4. The summed E-state index contributed by atoms with van der Waals surface area (Å²) < 4.78 is 90.6. The first-order chi connectivity index (χ1) is 18.6. The lowest BCUT2D eigenvalue weighted by Crippen LogP contribution is -2.56. The van der Waals surface area contributed by atoms with Gasteiger partial charge in [-0.3, -0.25) is 19.2 Å². The molecule has 39 heavy (non-hydrogen) atoms. The summed E-state index contributed by atoms with van der Waals surface area (Å²) in [6, 6.07) is 8.99. The Morgan fingerprint density at radius 2 is 2.03 bits per heavy atom. The summed E-state index contributed by atoms with van der Waals surface area (Å²) in [6.45, 7) is -1.85. The average molecular weight is 557 g/mol. The number of pyridine rings is 1. The Kier molecular flexibility index (Phi) is 7.80. The second kappa shape index (κ2) is 11.0. The topological polar surface area (TPSA) is 53.6 Å². The first-order valence-corrected chi connectivity index (χ1v) is 12.9. The van der Waals surface area contributed by atoms with Crippen LogP contribution in [0.25, 0.3) is 22.2 Å². The number of H-pyrrole nitrogens is 1. The number of ether oxygens (including phenoxy) is 2. The van der Waals surface area contributed by atoms with Crippen molar-refractivity contribution in [3.8, 4) is 17.0 Å². The normalized spacial score (nSPS) is 22.6. The van der Waals surface area contributed by atoms with Crippen molar-refractivity contribution in [3.05, 3.63) is 47.8 Å². The van der Waals surface area contributed by atoms with Gasteiger partial charge < -0.3 is 14.5 Å². The number of nitrogens with one attached hydrogen (secondary N) is 1. The molecule has 4 heterocycles. The molecule has 1 fully saturated rings. The second-order valence-corrected chi connectivity index (χ2v) is 10.2. The molecule has 2 aromatic heterocycles. The van der Waals surface area contributed by atoms with E-state index in [1.54, 1.807) is 30.5 Å². The monoisotopic (exact) mass is 556 g/mol. The zero-order valence-corrected chi connectivity index (χ0v) is 21.4. The molecule has 0 aliphatic carbocycles. The molecule has 5 rings (SSSR count). The van der Waals surface area contributed by atoms with Crippen LogP contribution in [0.15, 0.2) is 36.5 Å². The molecule has 1 saturated heterocycles. The summed E-state index contributed by atoms with van der Waals surface area (Å²) in [6.07, 6.45) is -2.01. The number of hydrogen-bond acceptors (Lipinski definition) is 5. The molecular weight excluding hydrogens is 526 g/mol. The van der Waals surface area contributed by atoms with E-state index in [0.717, 1.165) is 17.9 Å². The predicted molar refractivity (Wildman–Crippen MR) is 133 cm³/mol. The lowest BCUT2D eigenvalue weighted by atomic mass is 9.91. The summed E-state index contributed by atoms with van der Waals surface area (Å²) in [7, 11) is 0. The Balaban J connectivity index is 1.51. The lowest BCUT2D eigenvalue weighted by Gasteiger charge is -2.44. The molecule has 6 nitrogen and oxygen atoms in total. The van der Waals surface area contributed by atoms with E-state index in [2.05, 4.69) is 14.9 Å². The van der Waals surface area contributed by atoms with Gasteiger partial charge in [-0.25, -0.2) is 0 Å². The van der Waals surface area contributed by atoms with Gasteiger partial charge >= 0.3 is 12.8 Å². The fraction of sp³-hybridized carbons (Fsp3) is 0.519. The number of nitrogens with zero attached hydrogens (tertiary/aromatic N) is 3. The van der Waals surface area contributed by atoms with E-state index < -0.39 is 25.1 Å². The van der Waals surface area contributed by atoms with Crippen molar-refractivity contribution in [1.82, 2.24) is 19.8 Å². The Morgan fingerprint density at radius 1 is 1.21 bits per heavy atom. The minimum absolute atomic E-state index is 0.106. The van der Waals surface area contributed by atoms with Gasteiger partial charge in [0.15, 0.2) is 0 Å². The van der Waals surface area contributed by atoms with E-state index in [1.807, 2.05) is 6.07 Å². The Labute approximate surface area is 221 Å². The predicted octanol–water partition coefficient (Wildman–Crippen LogP) is 5.92. The maximum atomic E-state index is 13.4. The summed E-state index contributed by atoms with van der Waals surface area (Å²) in [5.74, 6) is 0.540. The van der Waals surface area contributed by atoms with E-state index in [0.29, 0.717) is 58.7 Å². The molecule has 0 bridgehead atoms. The van der Waals surface area contributed by atoms with Crippen LogP contribution >= 0.6 is 0 Å². The fourth-order valence-corrected chi connectivity index (χ4v) is 5.69. The molecule has 0 radical (unpaired) electrons. The molecule has 1 aromatic carbocycles. The molecule has 2 aliphatic rings. The average Bonchev–Trinajstić information content (AvgIpc) is 3.45. The number of halogens is 6. The highest BCUT2D eigenvalue weighted by molar-refractivity contribution is 5.99. The van der Waals surface area contributed by atoms with Crippen LogP contribution in [0.5, 0.6) is 5.75 Å².